The van der Waals surface area contributed by atoms with Crippen molar-refractivity contribution in [2.45, 2.75) is 50.2 Å². The number of halogens is 2. The summed E-state index contributed by atoms with van der Waals surface area (Å²) in [6.45, 7) is 2.96. The van der Waals surface area contributed by atoms with Gasteiger partial charge in [0, 0.05) is 30.6 Å². The minimum Gasteiger partial charge on any atom is -0.493 e. The van der Waals surface area contributed by atoms with Crippen molar-refractivity contribution in [2.75, 3.05) is 31.7 Å². The number of dihydropyridines is 1. The third-order valence-electron chi connectivity index (χ3n) is 8.58. The molecule has 11 nitrogen and oxygen atoms in total. The molecule has 1 aromatic heterocycles. The minimum absolute atomic E-state index is 0.0756. The number of rotatable bonds is 10. The third kappa shape index (κ3) is 6.25. The van der Waals surface area contributed by atoms with Gasteiger partial charge in [-0.1, -0.05) is 6.08 Å². The van der Waals surface area contributed by atoms with Crippen molar-refractivity contribution in [3.8, 4) is 11.5 Å². The summed E-state index contributed by atoms with van der Waals surface area (Å²) in [5, 5.41) is 2.59. The first-order chi connectivity index (χ1) is 23.2. The molecular weight excluding hydrogens is 626 g/mol. The van der Waals surface area contributed by atoms with E-state index in [2.05, 4.69) is 10.3 Å². The van der Waals surface area contributed by atoms with E-state index in [-0.39, 0.29) is 41.3 Å². The van der Waals surface area contributed by atoms with Crippen LogP contribution in [-0.2, 0) is 14.2 Å². The van der Waals surface area contributed by atoms with Gasteiger partial charge < -0.3 is 39.3 Å². The Labute approximate surface area is 274 Å². The first-order valence-corrected chi connectivity index (χ1v) is 15.8. The van der Waals surface area contributed by atoms with Gasteiger partial charge in [-0.25, -0.2) is 8.78 Å². The van der Waals surface area contributed by atoms with Crippen molar-refractivity contribution >= 4 is 17.8 Å². The lowest BCUT2D eigenvalue weighted by Crippen LogP contribution is -2.33. The molecule has 0 spiro atoms. The van der Waals surface area contributed by atoms with Gasteiger partial charge in [-0.3, -0.25) is 14.6 Å². The lowest BCUT2D eigenvalue weighted by Gasteiger charge is -2.34. The summed E-state index contributed by atoms with van der Waals surface area (Å²) in [5.74, 6) is -0.128. The number of nitrogens with two attached hydrogens (primary N) is 1. The number of anilines is 1. The summed E-state index contributed by atoms with van der Waals surface area (Å²) < 4.78 is 60.1. The first-order valence-electron chi connectivity index (χ1n) is 15.8. The number of ether oxygens (including phenoxy) is 5. The van der Waals surface area contributed by atoms with Crippen LogP contribution in [0.2, 0.25) is 0 Å². The summed E-state index contributed by atoms with van der Waals surface area (Å²) in [4.78, 5) is 31.5. The van der Waals surface area contributed by atoms with Crippen LogP contribution < -0.4 is 26.1 Å². The quantitative estimate of drug-likeness (QED) is 0.358. The Kier molecular flexibility index (Phi) is 8.38. The molecule has 2 fully saturated rings. The van der Waals surface area contributed by atoms with E-state index in [1.165, 1.54) is 41.1 Å². The van der Waals surface area contributed by atoms with Crippen molar-refractivity contribution < 1.29 is 37.3 Å². The van der Waals surface area contributed by atoms with Gasteiger partial charge in [0.15, 0.2) is 23.1 Å². The van der Waals surface area contributed by atoms with E-state index in [1.807, 2.05) is 0 Å². The number of nitrogens with zero attached hydrogens (tertiary/aromatic N) is 2. The number of pyridine rings is 1. The fourth-order valence-corrected chi connectivity index (χ4v) is 5.85. The van der Waals surface area contributed by atoms with E-state index in [0.717, 1.165) is 18.9 Å². The Bertz CT molecular complexity index is 1900. The molecule has 13 heteroatoms. The van der Waals surface area contributed by atoms with Crippen LogP contribution in [0.3, 0.4) is 0 Å². The number of hydrogen-bond donors (Lipinski definition) is 2. The molecule has 250 valence electrons. The van der Waals surface area contributed by atoms with Crippen LogP contribution in [0.15, 0.2) is 99.0 Å². The highest BCUT2D eigenvalue weighted by molar-refractivity contribution is 6.06. The van der Waals surface area contributed by atoms with E-state index >= 15 is 4.39 Å². The lowest BCUT2D eigenvalue weighted by molar-refractivity contribution is 0.0353. The molecule has 1 amide bonds. The summed E-state index contributed by atoms with van der Waals surface area (Å²) in [7, 11) is 0. The maximum atomic E-state index is 15.5. The molecule has 1 saturated carbocycles. The average molecular weight is 661 g/mol. The van der Waals surface area contributed by atoms with Gasteiger partial charge in [0.1, 0.15) is 48.5 Å². The number of allylic oxidation sites excluding steroid dienone is 5. The smallest absolute Gasteiger partial charge is 0.267 e. The zero-order valence-corrected chi connectivity index (χ0v) is 26.2. The molecular formula is C35H34F2N4O7. The fourth-order valence-electron chi connectivity index (χ4n) is 5.85. The van der Waals surface area contributed by atoms with E-state index in [0.29, 0.717) is 54.9 Å². The highest BCUT2D eigenvalue weighted by atomic mass is 19.1. The summed E-state index contributed by atoms with van der Waals surface area (Å²) in [6, 6.07) is 4.56. The normalized spacial score (nSPS) is 22.0. The number of amides is 1. The van der Waals surface area contributed by atoms with Gasteiger partial charge in [-0.05, 0) is 62.6 Å². The highest BCUT2D eigenvalue weighted by Gasteiger charge is 2.42. The number of carbonyl (C=O) groups excluding carboxylic acids is 1. The Morgan fingerprint density at radius 2 is 1.96 bits per heavy atom. The van der Waals surface area contributed by atoms with Crippen LogP contribution in [0, 0.1) is 5.82 Å². The predicted octanol–water partition coefficient (Wildman–Crippen LogP) is 5.13. The summed E-state index contributed by atoms with van der Waals surface area (Å²) in [5.41, 5.74) is 5.73. The first kappa shape index (κ1) is 31.4. The molecule has 3 N–H and O–H groups in total. The number of carbonyl (C=O) groups is 1. The van der Waals surface area contributed by atoms with Gasteiger partial charge in [-0.2, -0.15) is 0 Å². The van der Waals surface area contributed by atoms with Crippen LogP contribution in [0.1, 0.15) is 49.0 Å². The largest absolute Gasteiger partial charge is 0.493 e. The van der Waals surface area contributed by atoms with Crippen molar-refractivity contribution in [1.82, 2.24) is 4.57 Å². The number of benzene rings is 1. The molecule has 2 aromatic rings. The molecule has 5 aliphatic rings. The second-order valence-electron chi connectivity index (χ2n) is 12.0. The average Bonchev–Trinajstić information content (AvgIpc) is 3.82. The van der Waals surface area contributed by atoms with E-state index in [1.54, 1.807) is 25.3 Å². The third-order valence-corrected chi connectivity index (χ3v) is 8.58. The van der Waals surface area contributed by atoms with Crippen LogP contribution in [0.25, 0.3) is 0 Å². The minimum atomic E-state index is -0.787. The number of fused-ring (bicyclic) bond motifs is 2. The molecule has 2 atom stereocenters. The van der Waals surface area contributed by atoms with E-state index in [4.69, 9.17) is 29.4 Å². The van der Waals surface area contributed by atoms with Crippen molar-refractivity contribution in [3.63, 3.8) is 0 Å². The molecule has 0 bridgehead atoms. The molecule has 7 rings (SSSR count). The number of aliphatic imine (C=N–C) groups is 1. The van der Waals surface area contributed by atoms with Crippen molar-refractivity contribution in [3.05, 3.63) is 111 Å². The van der Waals surface area contributed by atoms with Gasteiger partial charge in [0.05, 0.1) is 29.8 Å². The molecule has 1 saturated heterocycles. The molecule has 3 aliphatic carbocycles. The molecule has 3 heterocycles. The molecule has 2 aliphatic heterocycles. The topological polar surface area (TPSA) is 136 Å². The van der Waals surface area contributed by atoms with Crippen LogP contribution in [0.5, 0.6) is 11.5 Å². The SMILES string of the molecule is CCOc1ccn(C2C=CC(F)=CC2)c(=O)c1C(=O)Nc1ccc(OC2=CC=NC3CC(OCC4(N)CC4)=C4OCCOC4=C23)c(F)c1. The Hall–Kier alpha value is -5.17. The van der Waals surface area contributed by atoms with E-state index in [9.17, 15) is 14.0 Å². The molecule has 2 unspecified atom stereocenters. The zero-order valence-electron chi connectivity index (χ0n) is 26.2. The van der Waals surface area contributed by atoms with Crippen LogP contribution >= 0.6 is 0 Å². The Morgan fingerprint density at radius 3 is 2.69 bits per heavy atom. The van der Waals surface area contributed by atoms with Gasteiger partial charge in [0.2, 0.25) is 0 Å². The van der Waals surface area contributed by atoms with E-state index < -0.39 is 35.2 Å². The Morgan fingerprint density at radius 1 is 1.15 bits per heavy atom. The van der Waals surface area contributed by atoms with Gasteiger partial charge in [0.25, 0.3) is 11.5 Å². The van der Waals surface area contributed by atoms with Crippen molar-refractivity contribution in [1.29, 1.82) is 0 Å². The summed E-state index contributed by atoms with van der Waals surface area (Å²) >= 11 is 0. The standard InChI is InChI=1S/C35H34F2N4O7/c1-2-44-26-10-14-41(22-6-3-20(36)4-7-22)34(43)30(26)33(42)40-21-5-8-25(23(37)17-21)48-27-9-13-39-24-18-28(47-19-35(38)11-12-35)31-32(29(24)27)46-16-15-45-31/h3-6,8-10,13-14,17,22,24H,2,7,11-12,15-16,18-19,38H2,1H3,(H,40,42). The zero-order chi connectivity index (χ0) is 33.4. The van der Waals surface area contributed by atoms with Crippen LogP contribution in [-0.4, -0.2) is 54.7 Å². The molecule has 48 heavy (non-hydrogen) atoms. The second-order valence-corrected chi connectivity index (χ2v) is 12.0. The second kappa shape index (κ2) is 12.8. The number of nitrogens with one attached hydrogen (secondary N) is 1. The number of hydrogen-bond acceptors (Lipinski definition) is 9. The van der Waals surface area contributed by atoms with Crippen LogP contribution in [0.4, 0.5) is 14.5 Å². The molecule has 1 aromatic carbocycles. The lowest BCUT2D eigenvalue weighted by atomic mass is 9.91. The van der Waals surface area contributed by atoms with Crippen molar-refractivity contribution in [2.24, 2.45) is 10.7 Å². The predicted molar refractivity (Wildman–Crippen MR) is 172 cm³/mol. The fraction of sp³-hybridized carbons (Fsp3) is 0.343. The summed E-state index contributed by atoms with van der Waals surface area (Å²) in [6.07, 6.45) is 11.3. The Balaban J connectivity index is 1.11. The molecule has 0 radical (unpaired) electrons. The van der Waals surface area contributed by atoms with Gasteiger partial charge >= 0.3 is 0 Å². The maximum absolute atomic E-state index is 15.5. The number of aromatic nitrogens is 1. The highest BCUT2D eigenvalue weighted by Crippen LogP contribution is 2.42. The maximum Gasteiger partial charge on any atom is 0.267 e. The monoisotopic (exact) mass is 660 g/mol. The van der Waals surface area contributed by atoms with Gasteiger partial charge in [-0.15, -0.1) is 0 Å².